The van der Waals surface area contributed by atoms with Crippen molar-refractivity contribution in [3.05, 3.63) is 33.9 Å². The predicted octanol–water partition coefficient (Wildman–Crippen LogP) is 2.71. The molecule has 0 unspecified atom stereocenters. The third kappa shape index (κ3) is 3.77. The van der Waals surface area contributed by atoms with Gasteiger partial charge in [0.2, 0.25) is 0 Å². The van der Waals surface area contributed by atoms with Gasteiger partial charge in [-0.05, 0) is 56.1 Å². The molecule has 0 bridgehead atoms. The molecule has 0 amide bonds. The molecule has 0 saturated heterocycles. The zero-order valence-electron chi connectivity index (χ0n) is 12.2. The average molecular weight is 264 g/mol. The SMILES string of the molecule is C#CC#Cc1c(C#CC#CC)cc(C)c(C#C)c1C#CC. The Bertz CT molecular complexity index is 895. The molecule has 1 aromatic rings. The number of benzene rings is 1. The average Bonchev–Trinajstić information content (AvgIpc) is 2.47. The van der Waals surface area contributed by atoms with Crippen molar-refractivity contribution >= 4 is 0 Å². The van der Waals surface area contributed by atoms with Crippen LogP contribution in [0.25, 0.3) is 0 Å². The second kappa shape index (κ2) is 7.89. The van der Waals surface area contributed by atoms with Gasteiger partial charge in [0.1, 0.15) is 0 Å². The largest absolute Gasteiger partial charge is 0.115 e. The quantitative estimate of drug-likeness (QED) is 0.632. The second-order valence-corrected chi connectivity index (χ2v) is 3.90. The van der Waals surface area contributed by atoms with Crippen molar-refractivity contribution in [3.63, 3.8) is 0 Å². The van der Waals surface area contributed by atoms with E-state index in [1.807, 2.05) is 13.0 Å². The molecular formula is C21H12. The van der Waals surface area contributed by atoms with Gasteiger partial charge in [-0.1, -0.05) is 29.6 Å². The number of hydrogen-bond acceptors (Lipinski definition) is 0. The molecule has 0 aromatic heterocycles. The Morgan fingerprint density at radius 1 is 0.810 bits per heavy atom. The van der Waals surface area contributed by atoms with Crippen LogP contribution in [0.1, 0.15) is 41.7 Å². The number of terminal acetylenes is 2. The molecule has 0 saturated carbocycles. The maximum Gasteiger partial charge on any atom is 0.0581 e. The van der Waals surface area contributed by atoms with Crippen LogP contribution in [0.4, 0.5) is 0 Å². The molecule has 0 heteroatoms. The van der Waals surface area contributed by atoms with Gasteiger partial charge in [-0.15, -0.1) is 18.8 Å². The van der Waals surface area contributed by atoms with Gasteiger partial charge in [-0.25, -0.2) is 0 Å². The van der Waals surface area contributed by atoms with Crippen molar-refractivity contribution in [3.8, 4) is 72.1 Å². The van der Waals surface area contributed by atoms with Gasteiger partial charge < -0.3 is 0 Å². The van der Waals surface area contributed by atoms with Crippen molar-refractivity contribution in [1.29, 1.82) is 0 Å². The third-order valence-corrected chi connectivity index (χ3v) is 2.56. The normalized spacial score (nSPS) is 7.10. The molecule has 0 nitrogen and oxygen atoms in total. The van der Waals surface area contributed by atoms with Gasteiger partial charge in [0.25, 0.3) is 0 Å². The molecule has 0 N–H and O–H groups in total. The fourth-order valence-electron chi connectivity index (χ4n) is 1.74. The molecule has 0 fully saturated rings. The molecule has 0 atom stereocenters. The summed E-state index contributed by atoms with van der Waals surface area (Å²) in [6.45, 7) is 5.40. The first-order valence-electron chi connectivity index (χ1n) is 6.15. The van der Waals surface area contributed by atoms with E-state index in [9.17, 15) is 0 Å². The van der Waals surface area contributed by atoms with Gasteiger partial charge in [-0.2, -0.15) is 0 Å². The van der Waals surface area contributed by atoms with Gasteiger partial charge >= 0.3 is 0 Å². The molecule has 0 aliphatic heterocycles. The summed E-state index contributed by atoms with van der Waals surface area (Å²) in [5.74, 6) is 27.5. The van der Waals surface area contributed by atoms with E-state index in [1.165, 1.54) is 0 Å². The van der Waals surface area contributed by atoms with Gasteiger partial charge in [0, 0.05) is 11.1 Å². The van der Waals surface area contributed by atoms with E-state index in [2.05, 4.69) is 59.2 Å². The highest BCUT2D eigenvalue weighted by Crippen LogP contribution is 2.21. The minimum Gasteiger partial charge on any atom is -0.115 e. The minimum atomic E-state index is 0.659. The van der Waals surface area contributed by atoms with Crippen LogP contribution in [0, 0.1) is 79.0 Å². The summed E-state index contributed by atoms with van der Waals surface area (Å²) in [4.78, 5) is 0. The molecule has 0 radical (unpaired) electrons. The summed E-state index contributed by atoms with van der Waals surface area (Å²) < 4.78 is 0. The minimum absolute atomic E-state index is 0.659. The lowest BCUT2D eigenvalue weighted by molar-refractivity contribution is 1.38. The molecule has 96 valence electrons. The lowest BCUT2D eigenvalue weighted by Gasteiger charge is -2.08. The topological polar surface area (TPSA) is 0 Å². The molecule has 1 rings (SSSR count). The summed E-state index contributed by atoms with van der Waals surface area (Å²) >= 11 is 0. The fraction of sp³-hybridized carbons (Fsp3) is 0.143. The predicted molar refractivity (Wildman–Crippen MR) is 87.7 cm³/mol. The molecule has 0 heterocycles. The maximum atomic E-state index is 5.59. The van der Waals surface area contributed by atoms with Crippen LogP contribution >= 0.6 is 0 Å². The summed E-state index contributed by atoms with van der Waals surface area (Å²) in [5.41, 5.74) is 3.73. The highest BCUT2D eigenvalue weighted by molar-refractivity contribution is 5.68. The first-order valence-corrected chi connectivity index (χ1v) is 6.15. The van der Waals surface area contributed by atoms with Crippen LogP contribution in [0.5, 0.6) is 0 Å². The smallest absolute Gasteiger partial charge is 0.0581 e. The molecule has 21 heavy (non-hydrogen) atoms. The Hall–Kier alpha value is -3.42. The van der Waals surface area contributed by atoms with Crippen LogP contribution in [0.15, 0.2) is 6.07 Å². The van der Waals surface area contributed by atoms with E-state index in [4.69, 9.17) is 12.8 Å². The molecular weight excluding hydrogens is 252 g/mol. The monoisotopic (exact) mass is 264 g/mol. The molecule has 0 spiro atoms. The van der Waals surface area contributed by atoms with Crippen LogP contribution in [-0.4, -0.2) is 0 Å². The van der Waals surface area contributed by atoms with Crippen molar-refractivity contribution in [1.82, 2.24) is 0 Å². The third-order valence-electron chi connectivity index (χ3n) is 2.56. The Balaban J connectivity index is 3.84. The van der Waals surface area contributed by atoms with Gasteiger partial charge in [0.05, 0.1) is 11.1 Å². The summed E-state index contributed by atoms with van der Waals surface area (Å²) in [6, 6.07) is 1.89. The number of rotatable bonds is 0. The van der Waals surface area contributed by atoms with Crippen LogP contribution < -0.4 is 0 Å². The lowest BCUT2D eigenvalue weighted by atomic mass is 9.92. The Kier molecular flexibility index (Phi) is 5.88. The van der Waals surface area contributed by atoms with Crippen LogP contribution in [-0.2, 0) is 0 Å². The van der Waals surface area contributed by atoms with Gasteiger partial charge in [0.15, 0.2) is 0 Å². The molecule has 0 aliphatic carbocycles. The van der Waals surface area contributed by atoms with E-state index in [1.54, 1.807) is 13.8 Å². The number of hydrogen-bond donors (Lipinski definition) is 0. The summed E-state index contributed by atoms with van der Waals surface area (Å²) in [7, 11) is 0. The van der Waals surface area contributed by atoms with Crippen molar-refractivity contribution in [2.24, 2.45) is 0 Å². The second-order valence-electron chi connectivity index (χ2n) is 3.90. The first kappa shape index (κ1) is 15.6. The zero-order valence-corrected chi connectivity index (χ0v) is 12.2. The molecule has 1 aromatic carbocycles. The number of aryl methyl sites for hydroxylation is 1. The Morgan fingerprint density at radius 2 is 1.57 bits per heavy atom. The van der Waals surface area contributed by atoms with E-state index >= 15 is 0 Å². The zero-order chi connectivity index (χ0) is 15.7. The van der Waals surface area contributed by atoms with Crippen molar-refractivity contribution < 1.29 is 0 Å². The maximum absolute atomic E-state index is 5.59. The first-order chi connectivity index (χ1) is 10.2. The summed E-state index contributed by atoms with van der Waals surface area (Å²) in [6.07, 6.45) is 10.8. The summed E-state index contributed by atoms with van der Waals surface area (Å²) in [5, 5.41) is 0. The lowest BCUT2D eigenvalue weighted by Crippen LogP contribution is -1.98. The van der Waals surface area contributed by atoms with Gasteiger partial charge in [-0.3, -0.25) is 0 Å². The highest BCUT2D eigenvalue weighted by atomic mass is 14.1. The van der Waals surface area contributed by atoms with Crippen LogP contribution in [0.3, 0.4) is 0 Å². The fourth-order valence-corrected chi connectivity index (χ4v) is 1.74. The van der Waals surface area contributed by atoms with E-state index in [-0.39, 0.29) is 0 Å². The Labute approximate surface area is 127 Å². The van der Waals surface area contributed by atoms with Crippen molar-refractivity contribution in [2.75, 3.05) is 0 Å². The van der Waals surface area contributed by atoms with Crippen LogP contribution in [0.2, 0.25) is 0 Å². The Morgan fingerprint density at radius 3 is 2.14 bits per heavy atom. The highest BCUT2D eigenvalue weighted by Gasteiger charge is 2.11. The van der Waals surface area contributed by atoms with E-state index in [0.29, 0.717) is 11.1 Å². The van der Waals surface area contributed by atoms with E-state index < -0.39 is 0 Å². The van der Waals surface area contributed by atoms with Crippen molar-refractivity contribution in [2.45, 2.75) is 20.8 Å². The molecule has 0 aliphatic rings. The standard InChI is InChI=1S/C21H12/c1-6-10-12-14-18-16-17(5)19(9-4)21(13-8-3)20(18)15-11-7-2/h2,4,16H,1,3,5H3. The van der Waals surface area contributed by atoms with E-state index in [0.717, 1.165) is 16.7 Å².